The molecule has 3 nitrogen and oxygen atoms in total. The maximum absolute atomic E-state index is 12.2. The van der Waals surface area contributed by atoms with Gasteiger partial charge in [0, 0.05) is 17.1 Å². The van der Waals surface area contributed by atoms with Crippen LogP contribution < -0.4 is 5.43 Å². The highest BCUT2D eigenvalue weighted by Crippen LogP contribution is 2.18. The van der Waals surface area contributed by atoms with E-state index in [0.29, 0.717) is 17.5 Å². The van der Waals surface area contributed by atoms with E-state index in [1.807, 2.05) is 30.5 Å². The number of pyridine rings is 1. The van der Waals surface area contributed by atoms with Gasteiger partial charge in [0.1, 0.15) is 5.78 Å². The lowest BCUT2D eigenvalue weighted by molar-refractivity contribution is -0.117. The van der Waals surface area contributed by atoms with E-state index in [-0.39, 0.29) is 11.2 Å². The molecule has 1 aromatic heterocycles. The van der Waals surface area contributed by atoms with Crippen LogP contribution in [0.15, 0.2) is 23.1 Å². The Labute approximate surface area is 106 Å². The summed E-state index contributed by atoms with van der Waals surface area (Å²) in [6.45, 7) is 7.60. The number of ketones is 1. The van der Waals surface area contributed by atoms with E-state index in [4.69, 9.17) is 0 Å². The summed E-state index contributed by atoms with van der Waals surface area (Å²) < 4.78 is 1.88. The number of rotatable bonds is 2. The highest BCUT2D eigenvalue weighted by atomic mass is 16.1. The van der Waals surface area contributed by atoms with Gasteiger partial charge in [-0.3, -0.25) is 9.59 Å². The predicted molar refractivity (Wildman–Crippen MR) is 73.1 cm³/mol. The first-order valence-electron chi connectivity index (χ1n) is 6.00. The van der Waals surface area contributed by atoms with Crippen molar-refractivity contribution in [1.82, 2.24) is 4.57 Å². The Morgan fingerprint density at radius 1 is 1.17 bits per heavy atom. The van der Waals surface area contributed by atoms with Gasteiger partial charge in [-0.05, 0) is 44.9 Å². The molecule has 1 heterocycles. The third kappa shape index (κ3) is 2.08. The SMILES string of the molecule is CC(=O)Cn1cc(C)c(=O)c2cc(C)cc(C)c21. The number of hydrogen-bond donors (Lipinski definition) is 0. The number of aryl methyl sites for hydroxylation is 3. The molecule has 2 aromatic rings. The molecular formula is C15H17NO2. The van der Waals surface area contributed by atoms with Gasteiger partial charge in [-0.15, -0.1) is 0 Å². The lowest BCUT2D eigenvalue weighted by Crippen LogP contribution is -2.16. The summed E-state index contributed by atoms with van der Waals surface area (Å²) in [6.07, 6.45) is 1.77. The number of carbonyl (C=O) groups excluding carboxylic acids is 1. The largest absolute Gasteiger partial charge is 0.339 e. The normalized spacial score (nSPS) is 10.9. The standard InChI is InChI=1S/C15H17NO2/c1-9-5-10(2)14-13(6-9)15(18)11(3)7-16(14)8-12(4)17/h5-7H,8H2,1-4H3. The molecule has 1 aromatic carbocycles. The number of carbonyl (C=O) groups is 1. The molecule has 0 saturated heterocycles. The predicted octanol–water partition coefficient (Wildman–Crippen LogP) is 2.52. The molecule has 0 bridgehead atoms. The average molecular weight is 243 g/mol. The zero-order valence-electron chi connectivity index (χ0n) is 11.2. The zero-order valence-corrected chi connectivity index (χ0v) is 11.2. The third-order valence-corrected chi connectivity index (χ3v) is 3.08. The summed E-state index contributed by atoms with van der Waals surface area (Å²) in [7, 11) is 0. The van der Waals surface area contributed by atoms with Crippen LogP contribution in [0, 0.1) is 20.8 Å². The van der Waals surface area contributed by atoms with E-state index in [9.17, 15) is 9.59 Å². The first kappa shape index (κ1) is 12.6. The topological polar surface area (TPSA) is 39.1 Å². The van der Waals surface area contributed by atoms with Gasteiger partial charge in [-0.2, -0.15) is 0 Å². The molecule has 2 rings (SSSR count). The Morgan fingerprint density at radius 3 is 2.44 bits per heavy atom. The highest BCUT2D eigenvalue weighted by molar-refractivity contribution is 5.85. The summed E-state index contributed by atoms with van der Waals surface area (Å²) in [5.41, 5.74) is 3.69. The van der Waals surface area contributed by atoms with Crippen molar-refractivity contribution in [3.8, 4) is 0 Å². The summed E-state index contributed by atoms with van der Waals surface area (Å²) in [4.78, 5) is 23.5. The van der Waals surface area contributed by atoms with Crippen molar-refractivity contribution in [3.05, 3.63) is 45.2 Å². The van der Waals surface area contributed by atoms with E-state index >= 15 is 0 Å². The van der Waals surface area contributed by atoms with E-state index < -0.39 is 0 Å². The molecule has 0 fully saturated rings. The van der Waals surface area contributed by atoms with Crippen molar-refractivity contribution in [3.63, 3.8) is 0 Å². The van der Waals surface area contributed by atoms with E-state index in [1.165, 1.54) is 0 Å². The van der Waals surface area contributed by atoms with Crippen molar-refractivity contribution in [2.24, 2.45) is 0 Å². The van der Waals surface area contributed by atoms with Crippen LogP contribution >= 0.6 is 0 Å². The molecule has 0 amide bonds. The van der Waals surface area contributed by atoms with Crippen molar-refractivity contribution in [1.29, 1.82) is 0 Å². The number of aromatic nitrogens is 1. The molecule has 0 aliphatic rings. The Bertz CT molecular complexity index is 696. The first-order valence-corrected chi connectivity index (χ1v) is 6.00. The lowest BCUT2D eigenvalue weighted by atomic mass is 10.0. The maximum Gasteiger partial charge on any atom is 0.192 e. The molecule has 18 heavy (non-hydrogen) atoms. The van der Waals surface area contributed by atoms with Gasteiger partial charge in [0.15, 0.2) is 5.43 Å². The van der Waals surface area contributed by atoms with Crippen LogP contribution in [0.3, 0.4) is 0 Å². The van der Waals surface area contributed by atoms with E-state index in [0.717, 1.165) is 16.6 Å². The van der Waals surface area contributed by atoms with Crippen molar-refractivity contribution >= 4 is 16.7 Å². The Morgan fingerprint density at radius 2 is 1.83 bits per heavy atom. The van der Waals surface area contributed by atoms with Gasteiger partial charge >= 0.3 is 0 Å². The van der Waals surface area contributed by atoms with Crippen LogP contribution in [0.4, 0.5) is 0 Å². The minimum atomic E-state index is 0.0524. The molecule has 0 aliphatic carbocycles. The van der Waals surface area contributed by atoms with Crippen molar-refractivity contribution in [2.45, 2.75) is 34.2 Å². The second-order valence-electron chi connectivity index (χ2n) is 4.95. The molecule has 0 spiro atoms. The van der Waals surface area contributed by atoms with Crippen molar-refractivity contribution in [2.75, 3.05) is 0 Å². The molecule has 0 unspecified atom stereocenters. The second kappa shape index (κ2) is 4.41. The summed E-state index contributed by atoms with van der Waals surface area (Å²) >= 11 is 0. The smallest absolute Gasteiger partial charge is 0.192 e. The quantitative estimate of drug-likeness (QED) is 0.813. The Balaban J connectivity index is 2.91. The molecule has 0 radical (unpaired) electrons. The van der Waals surface area contributed by atoms with Gasteiger partial charge in [0.25, 0.3) is 0 Å². The van der Waals surface area contributed by atoms with Gasteiger partial charge in [0.2, 0.25) is 0 Å². The molecule has 0 saturated carbocycles. The van der Waals surface area contributed by atoms with Crippen molar-refractivity contribution < 1.29 is 4.79 Å². The maximum atomic E-state index is 12.2. The van der Waals surface area contributed by atoms with Crippen LogP contribution in [0.25, 0.3) is 10.9 Å². The van der Waals surface area contributed by atoms with Crippen LogP contribution in [0.5, 0.6) is 0 Å². The minimum Gasteiger partial charge on any atom is -0.339 e. The molecule has 0 aliphatic heterocycles. The number of nitrogens with zero attached hydrogens (tertiary/aromatic N) is 1. The molecular weight excluding hydrogens is 226 g/mol. The minimum absolute atomic E-state index is 0.0524. The van der Waals surface area contributed by atoms with E-state index in [2.05, 4.69) is 0 Å². The highest BCUT2D eigenvalue weighted by Gasteiger charge is 2.10. The van der Waals surface area contributed by atoms with Gasteiger partial charge < -0.3 is 4.57 Å². The number of benzene rings is 1. The van der Waals surface area contributed by atoms with E-state index in [1.54, 1.807) is 20.0 Å². The van der Waals surface area contributed by atoms with Crippen LogP contribution in [0.1, 0.15) is 23.6 Å². The van der Waals surface area contributed by atoms with Gasteiger partial charge in [-0.1, -0.05) is 6.07 Å². The Kier molecular flexibility index (Phi) is 3.07. The lowest BCUT2D eigenvalue weighted by Gasteiger charge is -2.13. The summed E-state index contributed by atoms with van der Waals surface area (Å²) in [6, 6.07) is 3.93. The molecule has 0 N–H and O–H groups in total. The fourth-order valence-electron chi connectivity index (χ4n) is 2.45. The third-order valence-electron chi connectivity index (χ3n) is 3.08. The van der Waals surface area contributed by atoms with Crippen LogP contribution in [-0.4, -0.2) is 10.4 Å². The fraction of sp³-hybridized carbons (Fsp3) is 0.333. The molecule has 3 heteroatoms. The molecule has 94 valence electrons. The number of fused-ring (bicyclic) bond motifs is 1. The molecule has 0 atom stereocenters. The fourth-order valence-corrected chi connectivity index (χ4v) is 2.45. The van der Waals surface area contributed by atoms with Crippen LogP contribution in [-0.2, 0) is 11.3 Å². The Hall–Kier alpha value is -1.90. The second-order valence-corrected chi connectivity index (χ2v) is 4.95. The summed E-state index contributed by atoms with van der Waals surface area (Å²) in [5.74, 6) is 0.0827. The number of Topliss-reactive ketones (excluding diaryl/α,β-unsaturated/α-hetero) is 1. The first-order chi connectivity index (χ1) is 8.40. The van der Waals surface area contributed by atoms with Crippen LogP contribution in [0.2, 0.25) is 0 Å². The monoisotopic (exact) mass is 243 g/mol. The van der Waals surface area contributed by atoms with Gasteiger partial charge in [-0.25, -0.2) is 0 Å². The number of hydrogen-bond acceptors (Lipinski definition) is 2. The average Bonchev–Trinajstić information content (AvgIpc) is 2.23. The zero-order chi connectivity index (χ0) is 13.4. The summed E-state index contributed by atoms with van der Waals surface area (Å²) in [5, 5.41) is 0.703. The van der Waals surface area contributed by atoms with Gasteiger partial charge in [0.05, 0.1) is 12.1 Å².